The summed E-state index contributed by atoms with van der Waals surface area (Å²) in [5, 5.41) is 6.14. The average Bonchev–Trinajstić information content (AvgIpc) is 2.69. The Bertz CT molecular complexity index is 798. The zero-order valence-corrected chi connectivity index (χ0v) is 18.2. The van der Waals surface area contributed by atoms with Gasteiger partial charge in [0.1, 0.15) is 0 Å². The summed E-state index contributed by atoms with van der Waals surface area (Å²) in [7, 11) is 0. The van der Waals surface area contributed by atoms with Gasteiger partial charge in [-0.3, -0.25) is 9.59 Å². The van der Waals surface area contributed by atoms with Gasteiger partial charge in [0.25, 0.3) is 5.91 Å². The summed E-state index contributed by atoms with van der Waals surface area (Å²) in [6, 6.07) is 7.53. The van der Waals surface area contributed by atoms with Crippen LogP contribution in [0.1, 0.15) is 50.5 Å². The third-order valence-corrected chi connectivity index (χ3v) is 6.41. The van der Waals surface area contributed by atoms with E-state index in [-0.39, 0.29) is 29.3 Å². The third-order valence-electron chi connectivity index (χ3n) is 6.41. The molecule has 2 amide bonds. The highest BCUT2D eigenvalue weighted by molar-refractivity contribution is 5.97. The number of benzene rings is 1. The van der Waals surface area contributed by atoms with E-state index in [9.17, 15) is 9.59 Å². The SMILES string of the molecule is CCNC(=NCc1ccc(C(=O)N2CCNC(=O)C2)cc1)N1CC(C)(C)C1(C)C. The van der Waals surface area contributed by atoms with Crippen molar-refractivity contribution < 1.29 is 9.59 Å². The average molecular weight is 400 g/mol. The Morgan fingerprint density at radius 2 is 1.90 bits per heavy atom. The van der Waals surface area contributed by atoms with Gasteiger partial charge in [-0.15, -0.1) is 0 Å². The molecule has 2 aliphatic rings. The van der Waals surface area contributed by atoms with Crippen LogP contribution < -0.4 is 10.6 Å². The molecule has 0 spiro atoms. The number of carbonyl (C=O) groups excluding carboxylic acids is 2. The summed E-state index contributed by atoms with van der Waals surface area (Å²) in [4.78, 5) is 32.8. The normalized spacial score (nSPS) is 20.7. The number of piperazine rings is 1. The van der Waals surface area contributed by atoms with E-state index in [2.05, 4.69) is 50.2 Å². The molecule has 7 heteroatoms. The van der Waals surface area contributed by atoms with Crippen molar-refractivity contribution >= 4 is 17.8 Å². The van der Waals surface area contributed by atoms with Crippen LogP contribution in [0.15, 0.2) is 29.3 Å². The maximum absolute atomic E-state index is 12.6. The minimum Gasteiger partial charge on any atom is -0.356 e. The predicted octanol–water partition coefficient (Wildman–Crippen LogP) is 1.84. The van der Waals surface area contributed by atoms with Gasteiger partial charge in [0.2, 0.25) is 5.91 Å². The fourth-order valence-electron chi connectivity index (χ4n) is 3.71. The Morgan fingerprint density at radius 1 is 1.21 bits per heavy atom. The fraction of sp³-hybridized carbons (Fsp3) is 0.591. The molecule has 0 aliphatic carbocycles. The number of guanidine groups is 1. The number of likely N-dealkylation sites (tertiary alicyclic amines) is 1. The first-order valence-corrected chi connectivity index (χ1v) is 10.4. The monoisotopic (exact) mass is 399 g/mol. The number of rotatable bonds is 4. The zero-order valence-electron chi connectivity index (χ0n) is 18.2. The molecule has 0 unspecified atom stereocenters. The lowest BCUT2D eigenvalue weighted by Crippen LogP contribution is -2.72. The van der Waals surface area contributed by atoms with E-state index in [1.807, 2.05) is 24.3 Å². The number of carbonyl (C=O) groups is 2. The molecule has 0 bridgehead atoms. The topological polar surface area (TPSA) is 77.0 Å². The van der Waals surface area contributed by atoms with Gasteiger partial charge in [0.05, 0.1) is 13.1 Å². The molecule has 0 aromatic heterocycles. The number of hydrogen-bond acceptors (Lipinski definition) is 3. The van der Waals surface area contributed by atoms with Crippen LogP contribution in [-0.2, 0) is 11.3 Å². The number of aliphatic imine (C=N–C) groups is 1. The first kappa shape index (κ1) is 21.1. The summed E-state index contributed by atoms with van der Waals surface area (Å²) in [5.41, 5.74) is 1.94. The van der Waals surface area contributed by atoms with Crippen LogP contribution in [0.3, 0.4) is 0 Å². The Hall–Kier alpha value is -2.57. The van der Waals surface area contributed by atoms with E-state index in [0.29, 0.717) is 25.2 Å². The molecule has 7 nitrogen and oxygen atoms in total. The molecule has 2 saturated heterocycles. The van der Waals surface area contributed by atoms with Gasteiger partial charge in [-0.2, -0.15) is 0 Å². The van der Waals surface area contributed by atoms with Crippen molar-refractivity contribution in [1.29, 1.82) is 0 Å². The van der Waals surface area contributed by atoms with Gasteiger partial charge >= 0.3 is 0 Å². The maximum atomic E-state index is 12.6. The summed E-state index contributed by atoms with van der Waals surface area (Å²) < 4.78 is 0. The number of nitrogens with one attached hydrogen (secondary N) is 2. The molecule has 0 saturated carbocycles. The molecule has 0 radical (unpaired) electrons. The van der Waals surface area contributed by atoms with Crippen LogP contribution in [0.4, 0.5) is 0 Å². The van der Waals surface area contributed by atoms with Gasteiger partial charge in [-0.1, -0.05) is 26.0 Å². The molecule has 2 fully saturated rings. The third kappa shape index (κ3) is 4.23. The smallest absolute Gasteiger partial charge is 0.254 e. The van der Waals surface area contributed by atoms with E-state index in [1.165, 1.54) is 0 Å². The number of amides is 2. The van der Waals surface area contributed by atoms with Gasteiger partial charge in [0, 0.05) is 42.7 Å². The molecule has 29 heavy (non-hydrogen) atoms. The molecule has 1 aromatic carbocycles. The number of hydrogen-bond donors (Lipinski definition) is 2. The molecule has 0 atom stereocenters. The van der Waals surface area contributed by atoms with Crippen molar-refractivity contribution in [2.24, 2.45) is 10.4 Å². The van der Waals surface area contributed by atoms with E-state index in [4.69, 9.17) is 4.99 Å². The Morgan fingerprint density at radius 3 is 2.45 bits per heavy atom. The van der Waals surface area contributed by atoms with Crippen molar-refractivity contribution in [1.82, 2.24) is 20.4 Å². The minimum atomic E-state index is -0.108. The Labute approximate surface area is 173 Å². The summed E-state index contributed by atoms with van der Waals surface area (Å²) >= 11 is 0. The highest BCUT2D eigenvalue weighted by Gasteiger charge is 2.53. The van der Waals surface area contributed by atoms with Gasteiger partial charge < -0.3 is 20.4 Å². The molecular weight excluding hydrogens is 366 g/mol. The molecule has 1 aromatic rings. The van der Waals surface area contributed by atoms with Crippen LogP contribution >= 0.6 is 0 Å². The summed E-state index contributed by atoms with van der Waals surface area (Å²) in [5.74, 6) is 0.715. The molecule has 3 rings (SSSR count). The van der Waals surface area contributed by atoms with E-state index < -0.39 is 0 Å². The largest absolute Gasteiger partial charge is 0.356 e. The molecular formula is C22H33N5O2. The Balaban J connectivity index is 1.66. The quantitative estimate of drug-likeness (QED) is 0.598. The summed E-state index contributed by atoms with van der Waals surface area (Å²) in [6.07, 6.45) is 0. The first-order valence-electron chi connectivity index (χ1n) is 10.4. The molecule has 158 valence electrons. The highest BCUT2D eigenvalue weighted by atomic mass is 16.2. The van der Waals surface area contributed by atoms with Gasteiger partial charge in [-0.05, 0) is 38.5 Å². The predicted molar refractivity (Wildman–Crippen MR) is 115 cm³/mol. The van der Waals surface area contributed by atoms with Crippen LogP contribution in [0.25, 0.3) is 0 Å². The molecule has 2 N–H and O–H groups in total. The van der Waals surface area contributed by atoms with Crippen molar-refractivity contribution in [2.45, 2.75) is 46.7 Å². The second kappa shape index (κ2) is 8.05. The standard InChI is InChI=1S/C22H33N5O2/c1-6-23-20(27-15-21(2,3)22(27,4)5)25-13-16-7-9-17(10-8-16)19(29)26-12-11-24-18(28)14-26/h7-10H,6,11-15H2,1-5H3,(H,23,25)(H,24,28). The van der Waals surface area contributed by atoms with E-state index in [0.717, 1.165) is 24.6 Å². The van der Waals surface area contributed by atoms with Gasteiger partial charge in [0.15, 0.2) is 5.96 Å². The lowest BCUT2D eigenvalue weighted by Gasteiger charge is -2.62. The van der Waals surface area contributed by atoms with Crippen LogP contribution in [0.2, 0.25) is 0 Å². The van der Waals surface area contributed by atoms with Crippen LogP contribution in [-0.4, -0.2) is 65.8 Å². The number of nitrogens with zero attached hydrogens (tertiary/aromatic N) is 3. The van der Waals surface area contributed by atoms with Crippen molar-refractivity contribution in [3.63, 3.8) is 0 Å². The molecule has 2 heterocycles. The minimum absolute atomic E-state index is 0.0466. The first-order chi connectivity index (χ1) is 13.7. The summed E-state index contributed by atoms with van der Waals surface area (Å²) in [6.45, 7) is 14.7. The van der Waals surface area contributed by atoms with Crippen molar-refractivity contribution in [3.05, 3.63) is 35.4 Å². The fourth-order valence-corrected chi connectivity index (χ4v) is 3.71. The second-order valence-electron chi connectivity index (χ2n) is 8.97. The molecule has 2 aliphatic heterocycles. The van der Waals surface area contributed by atoms with Crippen molar-refractivity contribution in [2.75, 3.05) is 32.7 Å². The second-order valence-corrected chi connectivity index (χ2v) is 8.97. The van der Waals surface area contributed by atoms with E-state index in [1.54, 1.807) is 4.90 Å². The Kier molecular flexibility index (Phi) is 5.87. The lowest BCUT2D eigenvalue weighted by molar-refractivity contribution is -0.123. The van der Waals surface area contributed by atoms with Gasteiger partial charge in [-0.25, -0.2) is 4.99 Å². The van der Waals surface area contributed by atoms with Crippen LogP contribution in [0.5, 0.6) is 0 Å². The van der Waals surface area contributed by atoms with E-state index >= 15 is 0 Å². The van der Waals surface area contributed by atoms with Crippen LogP contribution in [0, 0.1) is 5.41 Å². The zero-order chi connectivity index (χ0) is 21.2. The lowest BCUT2D eigenvalue weighted by atomic mass is 9.65. The highest BCUT2D eigenvalue weighted by Crippen LogP contribution is 2.46. The van der Waals surface area contributed by atoms with Crippen molar-refractivity contribution in [3.8, 4) is 0 Å². The maximum Gasteiger partial charge on any atom is 0.254 e.